The molecule has 5 nitrogen and oxygen atoms in total. The van der Waals surface area contributed by atoms with Gasteiger partial charge in [0.2, 0.25) is 0 Å². The highest BCUT2D eigenvalue weighted by Gasteiger charge is 2.18. The van der Waals surface area contributed by atoms with Crippen LogP contribution in [0.25, 0.3) is 16.9 Å². The molecular weight excluding hydrogens is 445 g/mol. The Bertz CT molecular complexity index is 1370. The van der Waals surface area contributed by atoms with Crippen LogP contribution < -0.4 is 10.3 Å². The van der Waals surface area contributed by atoms with E-state index in [1.165, 1.54) is 42.0 Å². The Morgan fingerprint density at radius 2 is 1.88 bits per heavy atom. The predicted octanol–water partition coefficient (Wildman–Crippen LogP) is 5.88. The number of fused-ring (bicyclic) bond motifs is 3. The number of aryl methyl sites for hydroxylation is 2. The highest BCUT2D eigenvalue weighted by molar-refractivity contribution is 6.35. The average molecular weight is 468 g/mol. The lowest BCUT2D eigenvalue weighted by molar-refractivity contribution is 0.305. The smallest absolute Gasteiger partial charge is 0.259 e. The molecule has 32 heavy (non-hydrogen) atoms. The van der Waals surface area contributed by atoms with Crippen LogP contribution in [0.3, 0.4) is 0 Å². The fraction of sp³-hybridized carbons (Fsp3) is 0.280. The van der Waals surface area contributed by atoms with Crippen molar-refractivity contribution >= 4 is 34.2 Å². The molecule has 4 aromatic rings. The highest BCUT2D eigenvalue weighted by atomic mass is 35.5. The number of rotatable bonds is 4. The maximum Gasteiger partial charge on any atom is 0.259 e. The summed E-state index contributed by atoms with van der Waals surface area (Å²) in [6.07, 6.45) is 7.58. The third-order valence-electron chi connectivity index (χ3n) is 6.14. The second kappa shape index (κ2) is 8.64. The number of benzene rings is 1. The quantitative estimate of drug-likeness (QED) is 0.352. The minimum atomic E-state index is -0.202. The zero-order valence-corrected chi connectivity index (χ0v) is 19.3. The van der Waals surface area contributed by atoms with E-state index in [0.717, 1.165) is 24.1 Å². The van der Waals surface area contributed by atoms with Crippen LogP contribution in [0, 0.1) is 0 Å². The van der Waals surface area contributed by atoms with Crippen molar-refractivity contribution in [3.8, 4) is 11.6 Å². The summed E-state index contributed by atoms with van der Waals surface area (Å²) in [7, 11) is 2.07. The van der Waals surface area contributed by atoms with Crippen molar-refractivity contribution < 1.29 is 4.74 Å². The van der Waals surface area contributed by atoms with Gasteiger partial charge in [-0.15, -0.1) is 0 Å². The molecule has 1 aliphatic rings. The van der Waals surface area contributed by atoms with Gasteiger partial charge >= 0.3 is 0 Å². The van der Waals surface area contributed by atoms with Crippen LogP contribution in [0.1, 0.15) is 36.1 Å². The largest absolute Gasteiger partial charge is 0.489 e. The number of nitrogens with zero attached hydrogens (tertiary/aromatic N) is 3. The molecule has 0 spiro atoms. The van der Waals surface area contributed by atoms with Crippen molar-refractivity contribution in [3.63, 3.8) is 0 Å². The van der Waals surface area contributed by atoms with Gasteiger partial charge in [0.15, 0.2) is 0 Å². The first-order valence-electron chi connectivity index (χ1n) is 10.8. The highest BCUT2D eigenvalue weighted by Crippen LogP contribution is 2.30. The molecule has 0 amide bonds. The maximum absolute atomic E-state index is 12.8. The number of ether oxygens (including phenoxy) is 1. The van der Waals surface area contributed by atoms with Crippen molar-refractivity contribution in [1.82, 2.24) is 14.1 Å². The second-order valence-electron chi connectivity index (χ2n) is 8.18. The summed E-state index contributed by atoms with van der Waals surface area (Å²) in [6, 6.07) is 12.5. The van der Waals surface area contributed by atoms with Crippen LogP contribution >= 0.6 is 23.2 Å². The molecule has 0 bridgehead atoms. The van der Waals surface area contributed by atoms with E-state index in [9.17, 15) is 4.79 Å². The Labute approximate surface area is 196 Å². The first kappa shape index (κ1) is 21.1. The van der Waals surface area contributed by atoms with E-state index in [0.29, 0.717) is 21.6 Å². The van der Waals surface area contributed by atoms with Gasteiger partial charge in [-0.1, -0.05) is 35.7 Å². The zero-order chi connectivity index (χ0) is 22.2. The molecule has 0 N–H and O–H groups in total. The second-order valence-corrected chi connectivity index (χ2v) is 9.02. The molecule has 0 atom stereocenters. The van der Waals surface area contributed by atoms with E-state index in [-0.39, 0.29) is 12.2 Å². The molecule has 164 valence electrons. The van der Waals surface area contributed by atoms with E-state index < -0.39 is 0 Å². The van der Waals surface area contributed by atoms with Crippen molar-refractivity contribution in [3.05, 3.63) is 85.9 Å². The van der Waals surface area contributed by atoms with Crippen LogP contribution in [-0.2, 0) is 26.5 Å². The first-order valence-corrected chi connectivity index (χ1v) is 11.5. The number of aromatic nitrogens is 3. The summed E-state index contributed by atoms with van der Waals surface area (Å²) in [5.41, 5.74) is 4.32. The number of hydrogen-bond donors (Lipinski definition) is 0. The Morgan fingerprint density at radius 3 is 2.69 bits per heavy atom. The SMILES string of the molecule is Cn1c2c(c3ccc(-n4ccc(OCc5ccc(Cl)cc5Cl)cc4=O)nc31)CCCCC2. The standard InChI is InChI=1S/C25H23Cl2N3O2/c1-29-22-6-4-2-3-5-19(22)20-9-10-23(28-25(20)29)30-12-11-18(14-24(30)31)32-15-16-7-8-17(26)13-21(16)27/h7-14H,2-6,15H2,1H3. The van der Waals surface area contributed by atoms with E-state index >= 15 is 0 Å². The molecule has 1 aromatic carbocycles. The van der Waals surface area contributed by atoms with E-state index in [1.54, 1.807) is 29.0 Å². The topological polar surface area (TPSA) is 49.0 Å². The number of pyridine rings is 2. The third-order valence-corrected chi connectivity index (χ3v) is 6.73. The first-order chi connectivity index (χ1) is 15.5. The lowest BCUT2D eigenvalue weighted by Crippen LogP contribution is -2.18. The van der Waals surface area contributed by atoms with Crippen LogP contribution in [-0.4, -0.2) is 14.1 Å². The molecule has 5 rings (SSSR count). The maximum atomic E-state index is 12.8. The van der Waals surface area contributed by atoms with Crippen molar-refractivity contribution in [2.75, 3.05) is 0 Å². The Morgan fingerprint density at radius 1 is 1.03 bits per heavy atom. The summed E-state index contributed by atoms with van der Waals surface area (Å²) in [6.45, 7) is 0.249. The molecule has 1 aliphatic carbocycles. The van der Waals surface area contributed by atoms with Crippen LogP contribution in [0.2, 0.25) is 10.0 Å². The van der Waals surface area contributed by atoms with Crippen LogP contribution in [0.4, 0.5) is 0 Å². The molecule has 3 aromatic heterocycles. The molecule has 0 aliphatic heterocycles. The van der Waals surface area contributed by atoms with Crippen LogP contribution in [0.5, 0.6) is 5.75 Å². The molecule has 0 radical (unpaired) electrons. The normalized spacial score (nSPS) is 13.7. The molecule has 0 fully saturated rings. The summed E-state index contributed by atoms with van der Waals surface area (Å²) >= 11 is 12.1. The van der Waals surface area contributed by atoms with Gasteiger partial charge in [0.05, 0.1) is 0 Å². The number of hydrogen-bond acceptors (Lipinski definition) is 3. The summed E-state index contributed by atoms with van der Waals surface area (Å²) in [4.78, 5) is 17.7. The van der Waals surface area contributed by atoms with Gasteiger partial charge in [0, 0.05) is 46.0 Å². The summed E-state index contributed by atoms with van der Waals surface area (Å²) in [5, 5.41) is 2.30. The Hall–Kier alpha value is -2.76. The minimum absolute atomic E-state index is 0.202. The lowest BCUT2D eigenvalue weighted by atomic mass is 10.1. The fourth-order valence-corrected chi connectivity index (χ4v) is 4.92. The van der Waals surface area contributed by atoms with Crippen molar-refractivity contribution in [2.45, 2.75) is 38.7 Å². The molecule has 0 saturated heterocycles. The monoisotopic (exact) mass is 467 g/mol. The third kappa shape index (κ3) is 3.91. The predicted molar refractivity (Wildman–Crippen MR) is 128 cm³/mol. The van der Waals surface area contributed by atoms with E-state index in [1.807, 2.05) is 12.1 Å². The summed E-state index contributed by atoms with van der Waals surface area (Å²) in [5.74, 6) is 1.08. The van der Waals surface area contributed by atoms with Gasteiger partial charge in [-0.3, -0.25) is 9.36 Å². The van der Waals surface area contributed by atoms with Crippen molar-refractivity contribution in [2.24, 2.45) is 7.05 Å². The molecule has 7 heteroatoms. The molecule has 3 heterocycles. The molecule has 0 unspecified atom stereocenters. The van der Waals surface area contributed by atoms with Gasteiger partial charge in [0.1, 0.15) is 23.8 Å². The van der Waals surface area contributed by atoms with Gasteiger partial charge in [-0.05, 0) is 61.6 Å². The van der Waals surface area contributed by atoms with Crippen molar-refractivity contribution in [1.29, 1.82) is 0 Å². The van der Waals surface area contributed by atoms with Gasteiger partial charge < -0.3 is 9.30 Å². The van der Waals surface area contributed by atoms with Gasteiger partial charge in [-0.25, -0.2) is 4.98 Å². The molecule has 0 saturated carbocycles. The molecular formula is C25H23Cl2N3O2. The summed E-state index contributed by atoms with van der Waals surface area (Å²) < 4.78 is 9.51. The average Bonchev–Trinajstić information content (AvgIpc) is 2.93. The zero-order valence-electron chi connectivity index (χ0n) is 17.8. The van der Waals surface area contributed by atoms with Gasteiger partial charge in [0.25, 0.3) is 5.56 Å². The lowest BCUT2D eigenvalue weighted by Gasteiger charge is -2.10. The number of halogens is 2. The Kier molecular flexibility index (Phi) is 5.70. The van der Waals surface area contributed by atoms with Crippen LogP contribution in [0.15, 0.2) is 53.5 Å². The fourth-order valence-electron chi connectivity index (χ4n) is 4.46. The Balaban J connectivity index is 1.42. The van der Waals surface area contributed by atoms with E-state index in [4.69, 9.17) is 32.9 Å². The van der Waals surface area contributed by atoms with Gasteiger partial charge in [-0.2, -0.15) is 0 Å². The van der Waals surface area contributed by atoms with E-state index in [2.05, 4.69) is 17.7 Å². The minimum Gasteiger partial charge on any atom is -0.489 e.